The number of allylic oxidation sites excluding steroid dienone is 6. The van der Waals surface area contributed by atoms with Gasteiger partial charge in [0, 0.05) is 5.03 Å². The van der Waals surface area contributed by atoms with Gasteiger partial charge in [0.25, 0.3) is 0 Å². The van der Waals surface area contributed by atoms with E-state index in [0.29, 0.717) is 5.92 Å². The fourth-order valence-corrected chi connectivity index (χ4v) is 2.47. The zero-order valence-corrected chi connectivity index (χ0v) is 12.7. The Kier molecular flexibility index (Phi) is 4.66. The van der Waals surface area contributed by atoms with Gasteiger partial charge in [-0.3, -0.25) is 0 Å². The first-order valence-electron chi connectivity index (χ1n) is 6.88. The zero-order chi connectivity index (χ0) is 13.8. The Hall–Kier alpha value is -1.27. The molecule has 2 rings (SSSR count). The van der Waals surface area contributed by atoms with Crippen LogP contribution in [-0.2, 0) is 6.42 Å². The third kappa shape index (κ3) is 3.84. The van der Waals surface area contributed by atoms with Crippen LogP contribution in [0.5, 0.6) is 0 Å². The van der Waals surface area contributed by atoms with Crippen molar-refractivity contribution >= 4 is 11.6 Å². The number of rotatable bonds is 3. The maximum absolute atomic E-state index is 6.17. The Morgan fingerprint density at radius 3 is 2.42 bits per heavy atom. The van der Waals surface area contributed by atoms with Gasteiger partial charge in [0.05, 0.1) is 0 Å². The molecule has 100 valence electrons. The van der Waals surface area contributed by atoms with E-state index < -0.39 is 0 Å². The van der Waals surface area contributed by atoms with Crippen LogP contribution in [0.1, 0.15) is 44.2 Å². The van der Waals surface area contributed by atoms with E-state index in [1.54, 1.807) is 0 Å². The SMILES string of the molecule is CC1=CCC=C(Cl)C=C1Cc1ccc(C(C)C)cc1. The molecule has 0 atom stereocenters. The molecule has 0 aromatic heterocycles. The molecule has 0 spiro atoms. The minimum atomic E-state index is 0.588. The van der Waals surface area contributed by atoms with E-state index in [2.05, 4.69) is 63.3 Å². The standard InChI is InChI=1S/C18H21Cl/c1-13(2)16-9-7-15(8-10-16)11-17-12-18(19)6-4-5-14(17)3/h5-10,12-13H,4,11H2,1-3H3. The van der Waals surface area contributed by atoms with Crippen molar-refractivity contribution in [1.29, 1.82) is 0 Å². The van der Waals surface area contributed by atoms with Gasteiger partial charge in [-0.05, 0) is 48.5 Å². The van der Waals surface area contributed by atoms with E-state index in [4.69, 9.17) is 11.6 Å². The second-order valence-corrected chi connectivity index (χ2v) is 5.89. The van der Waals surface area contributed by atoms with Crippen molar-refractivity contribution in [2.75, 3.05) is 0 Å². The summed E-state index contributed by atoms with van der Waals surface area (Å²) in [6, 6.07) is 8.92. The highest BCUT2D eigenvalue weighted by Crippen LogP contribution is 2.24. The second-order valence-electron chi connectivity index (χ2n) is 5.45. The second kappa shape index (κ2) is 6.25. The lowest BCUT2D eigenvalue weighted by atomic mass is 9.96. The monoisotopic (exact) mass is 272 g/mol. The first-order chi connectivity index (χ1) is 9.06. The van der Waals surface area contributed by atoms with Gasteiger partial charge in [0.2, 0.25) is 0 Å². The molecule has 0 unspecified atom stereocenters. The maximum Gasteiger partial charge on any atom is 0.0372 e. The van der Waals surface area contributed by atoms with Gasteiger partial charge in [-0.1, -0.05) is 67.4 Å². The van der Waals surface area contributed by atoms with E-state index in [1.807, 2.05) is 0 Å². The number of hydrogen-bond donors (Lipinski definition) is 0. The smallest absolute Gasteiger partial charge is 0.0372 e. The van der Waals surface area contributed by atoms with Crippen LogP contribution < -0.4 is 0 Å². The predicted octanol–water partition coefficient (Wildman–Crippen LogP) is 5.75. The normalized spacial score (nSPS) is 15.7. The van der Waals surface area contributed by atoms with E-state index in [1.165, 1.54) is 22.3 Å². The lowest BCUT2D eigenvalue weighted by Gasteiger charge is -2.10. The Morgan fingerprint density at radius 2 is 1.79 bits per heavy atom. The van der Waals surface area contributed by atoms with Crippen molar-refractivity contribution in [3.05, 3.63) is 69.8 Å². The molecule has 1 aromatic rings. The molecule has 19 heavy (non-hydrogen) atoms. The lowest BCUT2D eigenvalue weighted by molar-refractivity contribution is 0.865. The summed E-state index contributed by atoms with van der Waals surface area (Å²) in [7, 11) is 0. The molecule has 0 bridgehead atoms. The summed E-state index contributed by atoms with van der Waals surface area (Å²) in [5.74, 6) is 0.588. The van der Waals surface area contributed by atoms with Crippen LogP contribution >= 0.6 is 11.6 Å². The number of halogens is 1. The average Bonchev–Trinajstić information content (AvgIpc) is 2.52. The van der Waals surface area contributed by atoms with Crippen molar-refractivity contribution in [1.82, 2.24) is 0 Å². The molecule has 0 N–H and O–H groups in total. The van der Waals surface area contributed by atoms with Gasteiger partial charge in [-0.2, -0.15) is 0 Å². The number of hydrogen-bond acceptors (Lipinski definition) is 0. The average molecular weight is 273 g/mol. The van der Waals surface area contributed by atoms with Crippen LogP contribution in [0.3, 0.4) is 0 Å². The molecule has 0 saturated carbocycles. The van der Waals surface area contributed by atoms with Crippen molar-refractivity contribution in [2.24, 2.45) is 0 Å². The molecule has 0 saturated heterocycles. The van der Waals surface area contributed by atoms with Crippen molar-refractivity contribution < 1.29 is 0 Å². The summed E-state index contributed by atoms with van der Waals surface area (Å²) in [5.41, 5.74) is 5.38. The summed E-state index contributed by atoms with van der Waals surface area (Å²) >= 11 is 6.17. The number of benzene rings is 1. The van der Waals surface area contributed by atoms with Crippen LogP contribution in [0.15, 0.2) is 58.7 Å². The third-order valence-corrected chi connectivity index (χ3v) is 3.86. The highest BCUT2D eigenvalue weighted by Gasteiger charge is 2.06. The van der Waals surface area contributed by atoms with Crippen LogP contribution in [0.4, 0.5) is 0 Å². The Morgan fingerprint density at radius 1 is 1.11 bits per heavy atom. The fourth-order valence-electron chi connectivity index (χ4n) is 2.25. The summed E-state index contributed by atoms with van der Waals surface area (Å²) in [6.07, 6.45) is 8.27. The zero-order valence-electron chi connectivity index (χ0n) is 11.9. The molecule has 0 aliphatic heterocycles. The molecule has 1 aromatic carbocycles. The topological polar surface area (TPSA) is 0 Å². The molecule has 1 aliphatic carbocycles. The minimum Gasteiger partial charge on any atom is -0.0847 e. The summed E-state index contributed by atoms with van der Waals surface area (Å²) in [4.78, 5) is 0. The first kappa shape index (κ1) is 14.1. The molecular formula is C18H21Cl. The minimum absolute atomic E-state index is 0.588. The predicted molar refractivity (Wildman–Crippen MR) is 84.6 cm³/mol. The van der Waals surface area contributed by atoms with Gasteiger partial charge in [0.1, 0.15) is 0 Å². The Bertz CT molecular complexity index is 527. The summed E-state index contributed by atoms with van der Waals surface area (Å²) in [5, 5.41) is 0.849. The van der Waals surface area contributed by atoms with E-state index in [-0.39, 0.29) is 0 Å². The lowest BCUT2D eigenvalue weighted by Crippen LogP contribution is -1.94. The van der Waals surface area contributed by atoms with Gasteiger partial charge in [-0.15, -0.1) is 0 Å². The molecule has 0 fully saturated rings. The largest absolute Gasteiger partial charge is 0.0847 e. The van der Waals surface area contributed by atoms with Crippen LogP contribution in [0.25, 0.3) is 0 Å². The van der Waals surface area contributed by atoms with Crippen LogP contribution in [0.2, 0.25) is 0 Å². The molecule has 1 heteroatoms. The van der Waals surface area contributed by atoms with Gasteiger partial charge < -0.3 is 0 Å². The molecule has 1 aliphatic rings. The maximum atomic E-state index is 6.17. The van der Waals surface area contributed by atoms with Crippen molar-refractivity contribution in [2.45, 2.75) is 39.5 Å². The van der Waals surface area contributed by atoms with Crippen molar-refractivity contribution in [3.8, 4) is 0 Å². The third-order valence-electron chi connectivity index (χ3n) is 3.60. The Balaban J connectivity index is 2.18. The van der Waals surface area contributed by atoms with E-state index in [0.717, 1.165) is 17.9 Å². The summed E-state index contributed by atoms with van der Waals surface area (Å²) in [6.45, 7) is 6.61. The Labute approximate surface area is 121 Å². The van der Waals surface area contributed by atoms with Gasteiger partial charge in [0.15, 0.2) is 0 Å². The van der Waals surface area contributed by atoms with Gasteiger partial charge in [-0.25, -0.2) is 0 Å². The molecule has 0 heterocycles. The quantitative estimate of drug-likeness (QED) is 0.657. The van der Waals surface area contributed by atoms with Crippen LogP contribution in [0, 0.1) is 0 Å². The van der Waals surface area contributed by atoms with Crippen molar-refractivity contribution in [3.63, 3.8) is 0 Å². The summed E-state index contributed by atoms with van der Waals surface area (Å²) < 4.78 is 0. The van der Waals surface area contributed by atoms with Gasteiger partial charge >= 0.3 is 0 Å². The van der Waals surface area contributed by atoms with E-state index in [9.17, 15) is 0 Å². The molecular weight excluding hydrogens is 252 g/mol. The molecule has 0 radical (unpaired) electrons. The highest BCUT2D eigenvalue weighted by molar-refractivity contribution is 6.31. The highest BCUT2D eigenvalue weighted by atomic mass is 35.5. The van der Waals surface area contributed by atoms with Crippen LogP contribution in [-0.4, -0.2) is 0 Å². The molecule has 0 amide bonds. The first-order valence-corrected chi connectivity index (χ1v) is 7.26. The van der Waals surface area contributed by atoms with E-state index >= 15 is 0 Å². The fraction of sp³-hybridized carbons (Fsp3) is 0.333. The molecule has 0 nitrogen and oxygen atoms in total.